The molecule has 2 atom stereocenters. The second-order valence-electron chi connectivity index (χ2n) is 7.62. The molecule has 158 valence electrons. The van der Waals surface area contributed by atoms with Gasteiger partial charge in [0.15, 0.2) is 0 Å². The van der Waals surface area contributed by atoms with Crippen molar-refractivity contribution < 1.29 is 26.5 Å². The number of ether oxygens (including phenoxy) is 2. The van der Waals surface area contributed by atoms with E-state index in [0.29, 0.717) is 25.0 Å². The summed E-state index contributed by atoms with van der Waals surface area (Å²) in [5.41, 5.74) is 4.65. The van der Waals surface area contributed by atoms with Gasteiger partial charge in [0, 0.05) is 7.16 Å². The Morgan fingerprint density at radius 1 is 0.793 bits per heavy atom. The third-order valence-corrected chi connectivity index (χ3v) is 6.52. The van der Waals surface area contributed by atoms with Gasteiger partial charge in [-0.1, -0.05) is 52.0 Å². The van der Waals surface area contributed by atoms with Crippen LogP contribution in [0.2, 0.25) is 0 Å². The van der Waals surface area contributed by atoms with Crippen LogP contribution in [0.25, 0.3) is 10.6 Å². The average molecular weight is 660 g/mol. The Morgan fingerprint density at radius 2 is 1.17 bits per heavy atom. The summed E-state index contributed by atoms with van der Waals surface area (Å²) < 4.78 is 13.7. The van der Waals surface area contributed by atoms with Gasteiger partial charge in [-0.05, 0) is 92.8 Å². The minimum Gasteiger partial charge on any atom is -0.661 e. The van der Waals surface area contributed by atoms with E-state index in [1.165, 1.54) is 18.3 Å². The van der Waals surface area contributed by atoms with E-state index in [1.54, 1.807) is 0 Å². The van der Waals surface area contributed by atoms with Gasteiger partial charge in [0.25, 0.3) is 0 Å². The van der Waals surface area contributed by atoms with E-state index in [0.717, 1.165) is 11.4 Å². The van der Waals surface area contributed by atoms with Crippen LogP contribution >= 0.6 is 45.2 Å². The molecule has 29 heavy (non-hydrogen) atoms. The zero-order valence-electron chi connectivity index (χ0n) is 17.0. The molecule has 0 unspecified atom stereocenters. The summed E-state index contributed by atoms with van der Waals surface area (Å²) in [5.74, 6) is 0.917. The summed E-state index contributed by atoms with van der Waals surface area (Å²) in [6, 6.07) is 0. The number of hydrogen-bond acceptors (Lipinski definition) is 2. The van der Waals surface area contributed by atoms with Gasteiger partial charge >= 0.3 is 17.1 Å². The van der Waals surface area contributed by atoms with Crippen LogP contribution in [0.4, 0.5) is 0 Å². The van der Waals surface area contributed by atoms with Crippen molar-refractivity contribution in [2.75, 3.05) is 13.2 Å². The van der Waals surface area contributed by atoms with Crippen LogP contribution in [0.1, 0.15) is 27.7 Å². The molecular weight excluding hydrogens is 634 g/mol. The molecule has 2 aliphatic carbocycles. The molecule has 0 N–H and O–H groups in total. The predicted molar refractivity (Wildman–Crippen MR) is 132 cm³/mol. The van der Waals surface area contributed by atoms with Gasteiger partial charge in [-0.2, -0.15) is 0 Å². The number of halogens is 2. The van der Waals surface area contributed by atoms with Gasteiger partial charge < -0.3 is 20.1 Å². The second-order valence-corrected chi connectivity index (χ2v) is 9.94. The van der Waals surface area contributed by atoms with Crippen molar-refractivity contribution in [3.8, 4) is 0 Å². The van der Waals surface area contributed by atoms with E-state index in [1.807, 2.05) is 0 Å². The zero-order chi connectivity index (χ0) is 20.3. The fourth-order valence-corrected chi connectivity index (χ4v) is 4.42. The molecule has 0 spiro atoms. The fraction of sp³-hybridized carbons (Fsp3) is 0.455. The SMILES string of the molecule is CC(C)[C@@H]1[N-]/C(=C2/C=CC=C2I)CO1.CC(C)[C@@H]1[N-]/C(=C2/C=CC=C2I)CO1.[Fe+2]. The molecule has 0 aromatic heterocycles. The molecule has 0 amide bonds. The van der Waals surface area contributed by atoms with Crippen LogP contribution < -0.4 is 0 Å². The van der Waals surface area contributed by atoms with E-state index in [9.17, 15) is 0 Å². The first-order valence-corrected chi connectivity index (χ1v) is 11.7. The molecular formula is C22H26FeI2N2O2. The van der Waals surface area contributed by atoms with E-state index in [4.69, 9.17) is 9.47 Å². The Bertz CT molecular complexity index is 729. The number of nitrogens with zero attached hydrogens (tertiary/aromatic N) is 2. The Balaban J connectivity index is 0.000000200. The standard InChI is InChI=1S/2C11H13INO.Fe/c2*1-7(2)11-13-10(6-14-11)8-4-3-5-9(8)12;/h2*3-5,7,11H,6H2,1-2H3;/q2*-1;+2/b2*10-8-;/t2*11-;/m11./s1. The third kappa shape index (κ3) is 6.46. The number of allylic oxidation sites excluding steroid dienone is 10. The molecule has 0 aromatic carbocycles. The minimum atomic E-state index is 0. The van der Waals surface area contributed by atoms with Crippen LogP contribution in [0.3, 0.4) is 0 Å². The largest absolute Gasteiger partial charge is 2.00 e. The van der Waals surface area contributed by atoms with Gasteiger partial charge in [0.1, 0.15) is 0 Å². The van der Waals surface area contributed by atoms with Crippen LogP contribution in [-0.4, -0.2) is 25.7 Å². The molecule has 2 saturated heterocycles. The Morgan fingerprint density at radius 3 is 1.41 bits per heavy atom. The van der Waals surface area contributed by atoms with Gasteiger partial charge in [-0.15, -0.1) is 11.4 Å². The van der Waals surface area contributed by atoms with E-state index < -0.39 is 0 Å². The maximum Gasteiger partial charge on any atom is 2.00 e. The third-order valence-electron chi connectivity index (χ3n) is 4.64. The van der Waals surface area contributed by atoms with Crippen molar-refractivity contribution in [2.24, 2.45) is 11.8 Å². The van der Waals surface area contributed by atoms with Crippen molar-refractivity contribution in [1.82, 2.24) is 0 Å². The normalized spacial score (nSPS) is 30.1. The van der Waals surface area contributed by atoms with Crippen LogP contribution in [0, 0.1) is 11.8 Å². The monoisotopic (exact) mass is 660 g/mol. The minimum absolute atomic E-state index is 0. The predicted octanol–water partition coefficient (Wildman–Crippen LogP) is 7.03. The first-order chi connectivity index (χ1) is 13.4. The zero-order valence-corrected chi connectivity index (χ0v) is 22.4. The number of rotatable bonds is 2. The van der Waals surface area contributed by atoms with Crippen molar-refractivity contribution in [3.05, 3.63) is 76.8 Å². The number of hydrogen-bond donors (Lipinski definition) is 0. The summed E-state index contributed by atoms with van der Waals surface area (Å²) in [4.78, 5) is 0. The van der Waals surface area contributed by atoms with Crippen LogP contribution in [0.15, 0.2) is 66.2 Å². The summed E-state index contributed by atoms with van der Waals surface area (Å²) in [6.45, 7) is 9.84. The maximum atomic E-state index is 5.60. The maximum absolute atomic E-state index is 5.60. The first kappa shape index (κ1) is 25.2. The van der Waals surface area contributed by atoms with Gasteiger partial charge in [0.05, 0.1) is 13.2 Å². The van der Waals surface area contributed by atoms with E-state index >= 15 is 0 Å². The van der Waals surface area contributed by atoms with Crippen LogP contribution in [-0.2, 0) is 26.5 Å². The molecule has 2 fully saturated rings. The van der Waals surface area contributed by atoms with E-state index in [-0.39, 0.29) is 29.5 Å². The van der Waals surface area contributed by atoms with Gasteiger partial charge in [-0.3, -0.25) is 0 Å². The fourth-order valence-electron chi connectivity index (χ4n) is 3.03. The summed E-state index contributed by atoms with van der Waals surface area (Å²) in [7, 11) is 0. The molecule has 7 heteroatoms. The Hall–Kier alpha value is -0.0605. The quantitative estimate of drug-likeness (QED) is 0.236. The topological polar surface area (TPSA) is 46.7 Å². The smallest absolute Gasteiger partial charge is 0.661 e. The molecule has 0 saturated carbocycles. The summed E-state index contributed by atoms with van der Waals surface area (Å²) in [6.07, 6.45) is 12.6. The molecule has 0 aromatic rings. The molecule has 0 bridgehead atoms. The molecule has 4 nitrogen and oxygen atoms in total. The molecule has 0 radical (unpaired) electrons. The van der Waals surface area contributed by atoms with Gasteiger partial charge in [-0.25, -0.2) is 0 Å². The average Bonchev–Trinajstić information content (AvgIpc) is 3.41. The molecule has 4 aliphatic rings. The van der Waals surface area contributed by atoms with Crippen molar-refractivity contribution in [2.45, 2.75) is 40.2 Å². The summed E-state index contributed by atoms with van der Waals surface area (Å²) >= 11 is 4.67. The van der Waals surface area contributed by atoms with Gasteiger partial charge in [0.2, 0.25) is 0 Å². The van der Waals surface area contributed by atoms with Crippen molar-refractivity contribution in [3.63, 3.8) is 0 Å². The second kappa shape index (κ2) is 11.5. The van der Waals surface area contributed by atoms with E-state index in [2.05, 4.69) is 120 Å². The molecule has 2 aliphatic heterocycles. The van der Waals surface area contributed by atoms with Crippen LogP contribution in [0.5, 0.6) is 0 Å². The van der Waals surface area contributed by atoms with Crippen molar-refractivity contribution in [1.29, 1.82) is 0 Å². The Labute approximate surface area is 212 Å². The molecule has 4 rings (SSSR count). The molecule has 2 heterocycles. The first-order valence-electron chi connectivity index (χ1n) is 9.56. The Kier molecular flexibility index (Phi) is 10.0. The summed E-state index contributed by atoms with van der Waals surface area (Å²) in [5, 5.41) is 9.16. The van der Waals surface area contributed by atoms with Crippen molar-refractivity contribution >= 4 is 45.2 Å².